The molecule has 126 valence electrons. The number of benzene rings is 1. The van der Waals surface area contributed by atoms with Gasteiger partial charge in [-0.05, 0) is 44.6 Å². The van der Waals surface area contributed by atoms with Crippen molar-refractivity contribution >= 4 is 17.7 Å². The number of aryl methyl sites for hydroxylation is 1. The van der Waals surface area contributed by atoms with E-state index in [4.69, 9.17) is 0 Å². The quantitative estimate of drug-likeness (QED) is 0.846. The topological polar surface area (TPSA) is 23.6 Å². The van der Waals surface area contributed by atoms with Gasteiger partial charge in [0.15, 0.2) is 0 Å². The number of thioether (sulfide) groups is 1. The summed E-state index contributed by atoms with van der Waals surface area (Å²) in [4.78, 5) is 16.9. The van der Waals surface area contributed by atoms with Gasteiger partial charge < -0.3 is 4.90 Å². The predicted molar refractivity (Wildman–Crippen MR) is 97.7 cm³/mol. The van der Waals surface area contributed by atoms with E-state index in [2.05, 4.69) is 41.0 Å². The Hall–Kier alpha value is -1.00. The summed E-state index contributed by atoms with van der Waals surface area (Å²) in [5.74, 6) is 0.952. The van der Waals surface area contributed by atoms with Crippen molar-refractivity contribution in [2.75, 3.05) is 38.2 Å². The molecule has 3 rings (SSSR count). The number of nitrogens with zero attached hydrogens (tertiary/aromatic N) is 2. The fraction of sp³-hybridized carbons (Fsp3) is 0.632. The Bertz CT molecular complexity index is 562. The second kappa shape index (κ2) is 7.27. The van der Waals surface area contributed by atoms with Gasteiger partial charge in [0.1, 0.15) is 0 Å². The molecule has 0 aromatic heterocycles. The minimum atomic E-state index is 0.324. The van der Waals surface area contributed by atoms with E-state index in [0.29, 0.717) is 17.1 Å². The van der Waals surface area contributed by atoms with Crippen molar-refractivity contribution in [2.45, 2.75) is 32.7 Å². The van der Waals surface area contributed by atoms with E-state index in [0.717, 1.165) is 26.2 Å². The highest BCUT2D eigenvalue weighted by molar-refractivity contribution is 7.99. The Balaban J connectivity index is 1.61. The number of carbonyl (C=O) groups excluding carboxylic acids is 1. The molecule has 1 amide bonds. The molecule has 2 saturated heterocycles. The van der Waals surface area contributed by atoms with Crippen LogP contribution in [0.25, 0.3) is 0 Å². The number of amides is 1. The number of hydrogen-bond donors (Lipinski definition) is 0. The van der Waals surface area contributed by atoms with Gasteiger partial charge in [-0.2, -0.15) is 11.8 Å². The summed E-state index contributed by atoms with van der Waals surface area (Å²) in [6, 6.07) is 8.84. The monoisotopic (exact) mass is 332 g/mol. The number of hydrogen-bond acceptors (Lipinski definition) is 3. The summed E-state index contributed by atoms with van der Waals surface area (Å²) < 4.78 is 0. The summed E-state index contributed by atoms with van der Waals surface area (Å²) in [7, 11) is 0. The molecular weight excluding hydrogens is 304 g/mol. The smallest absolute Gasteiger partial charge is 0.232 e. The lowest BCUT2D eigenvalue weighted by molar-refractivity contribution is -0.127. The Morgan fingerprint density at radius 3 is 2.91 bits per heavy atom. The zero-order valence-electron chi connectivity index (χ0n) is 14.4. The van der Waals surface area contributed by atoms with Crippen molar-refractivity contribution in [2.24, 2.45) is 5.41 Å². The molecule has 0 aliphatic carbocycles. The average Bonchev–Trinajstić information content (AvgIpc) is 2.91. The molecule has 3 nitrogen and oxygen atoms in total. The summed E-state index contributed by atoms with van der Waals surface area (Å²) in [5.41, 5.74) is 3.09. The first-order valence-electron chi connectivity index (χ1n) is 8.65. The number of likely N-dealkylation sites (tertiary alicyclic amines) is 2. The minimum Gasteiger partial charge on any atom is -0.341 e. The molecule has 2 aliphatic heterocycles. The van der Waals surface area contributed by atoms with Gasteiger partial charge in [-0.1, -0.05) is 29.8 Å². The maximum absolute atomic E-state index is 12.2. The summed E-state index contributed by atoms with van der Waals surface area (Å²) in [5, 5.41) is 0. The zero-order valence-corrected chi connectivity index (χ0v) is 15.2. The predicted octanol–water partition coefficient (Wildman–Crippen LogP) is 3.17. The molecule has 0 saturated carbocycles. The normalized spacial score (nSPS) is 25.2. The molecule has 1 aromatic carbocycles. The molecule has 2 aliphatic rings. The molecule has 2 fully saturated rings. The second-order valence-corrected chi connectivity index (χ2v) is 8.17. The SMILES string of the molecule is CSCC(=O)N1CCC2(CCCN(Cc3cccc(C)c3)C2)C1. The lowest BCUT2D eigenvalue weighted by Crippen LogP contribution is -2.45. The van der Waals surface area contributed by atoms with Crippen molar-refractivity contribution in [3.8, 4) is 0 Å². The van der Waals surface area contributed by atoms with Crippen molar-refractivity contribution in [1.82, 2.24) is 9.80 Å². The second-order valence-electron chi connectivity index (χ2n) is 7.30. The molecule has 4 heteroatoms. The molecule has 0 N–H and O–H groups in total. The van der Waals surface area contributed by atoms with E-state index < -0.39 is 0 Å². The van der Waals surface area contributed by atoms with Crippen LogP contribution in [0.4, 0.5) is 0 Å². The van der Waals surface area contributed by atoms with Gasteiger partial charge in [0.2, 0.25) is 5.91 Å². The molecule has 2 heterocycles. The van der Waals surface area contributed by atoms with Crippen LogP contribution < -0.4 is 0 Å². The third-order valence-corrected chi connectivity index (χ3v) is 5.82. The van der Waals surface area contributed by atoms with Gasteiger partial charge in [-0.3, -0.25) is 9.69 Å². The molecule has 1 spiro atoms. The molecule has 23 heavy (non-hydrogen) atoms. The van der Waals surface area contributed by atoms with Crippen LogP contribution in [0.3, 0.4) is 0 Å². The van der Waals surface area contributed by atoms with Gasteiger partial charge >= 0.3 is 0 Å². The van der Waals surface area contributed by atoms with Gasteiger partial charge in [0.25, 0.3) is 0 Å². The lowest BCUT2D eigenvalue weighted by Gasteiger charge is -2.40. The molecule has 1 aromatic rings. The highest BCUT2D eigenvalue weighted by Crippen LogP contribution is 2.39. The molecule has 1 atom stereocenters. The summed E-state index contributed by atoms with van der Waals surface area (Å²) in [6.45, 7) is 7.46. The zero-order chi connectivity index (χ0) is 16.3. The first-order chi connectivity index (χ1) is 11.1. The van der Waals surface area contributed by atoms with Gasteiger partial charge in [0.05, 0.1) is 5.75 Å². The highest BCUT2D eigenvalue weighted by atomic mass is 32.2. The van der Waals surface area contributed by atoms with Crippen molar-refractivity contribution in [1.29, 1.82) is 0 Å². The first kappa shape index (κ1) is 16.8. The fourth-order valence-electron chi connectivity index (χ4n) is 4.21. The van der Waals surface area contributed by atoms with Crippen molar-refractivity contribution < 1.29 is 4.79 Å². The summed E-state index contributed by atoms with van der Waals surface area (Å²) in [6.07, 6.45) is 5.72. The van der Waals surface area contributed by atoms with E-state index in [1.807, 2.05) is 6.26 Å². The van der Waals surface area contributed by atoms with Crippen LogP contribution in [0.15, 0.2) is 24.3 Å². The minimum absolute atomic E-state index is 0.324. The van der Waals surface area contributed by atoms with E-state index in [1.54, 1.807) is 11.8 Å². The van der Waals surface area contributed by atoms with Crippen molar-refractivity contribution in [3.05, 3.63) is 35.4 Å². The van der Waals surface area contributed by atoms with E-state index in [-0.39, 0.29) is 0 Å². The van der Waals surface area contributed by atoms with Crippen LogP contribution in [-0.2, 0) is 11.3 Å². The van der Waals surface area contributed by atoms with Crippen LogP contribution in [0.2, 0.25) is 0 Å². The van der Waals surface area contributed by atoms with E-state index >= 15 is 0 Å². The fourth-order valence-corrected chi connectivity index (χ4v) is 4.64. The molecule has 1 unspecified atom stereocenters. The highest BCUT2D eigenvalue weighted by Gasteiger charge is 2.42. The molecule has 0 radical (unpaired) electrons. The van der Waals surface area contributed by atoms with Crippen molar-refractivity contribution in [3.63, 3.8) is 0 Å². The van der Waals surface area contributed by atoms with Crippen LogP contribution in [0.5, 0.6) is 0 Å². The molecular formula is C19H28N2OS. The van der Waals surface area contributed by atoms with E-state index in [9.17, 15) is 4.79 Å². The molecule has 0 bridgehead atoms. The number of rotatable bonds is 4. The van der Waals surface area contributed by atoms with Gasteiger partial charge in [-0.15, -0.1) is 0 Å². The largest absolute Gasteiger partial charge is 0.341 e. The Labute approximate surface area is 144 Å². The number of piperidine rings is 1. The maximum Gasteiger partial charge on any atom is 0.232 e. The first-order valence-corrected chi connectivity index (χ1v) is 10.0. The Morgan fingerprint density at radius 2 is 2.13 bits per heavy atom. The van der Waals surface area contributed by atoms with Gasteiger partial charge in [0, 0.05) is 31.6 Å². The standard InChI is InChI=1S/C19H28N2OS/c1-16-5-3-6-17(11-16)12-20-9-4-7-19(14-20)8-10-21(15-19)18(22)13-23-2/h3,5-6,11H,4,7-10,12-15H2,1-2H3. The lowest BCUT2D eigenvalue weighted by atomic mass is 9.79. The summed E-state index contributed by atoms with van der Waals surface area (Å²) >= 11 is 1.63. The third-order valence-electron chi connectivity index (χ3n) is 5.29. The van der Waals surface area contributed by atoms with Crippen LogP contribution in [0, 0.1) is 12.3 Å². The number of carbonyl (C=O) groups is 1. The van der Waals surface area contributed by atoms with Crippen LogP contribution in [0.1, 0.15) is 30.4 Å². The third kappa shape index (κ3) is 4.10. The average molecular weight is 333 g/mol. The maximum atomic E-state index is 12.2. The van der Waals surface area contributed by atoms with E-state index in [1.165, 1.54) is 36.9 Å². The van der Waals surface area contributed by atoms with Crippen LogP contribution in [-0.4, -0.2) is 53.9 Å². The van der Waals surface area contributed by atoms with Gasteiger partial charge in [-0.25, -0.2) is 0 Å². The Morgan fingerprint density at radius 1 is 1.26 bits per heavy atom. The van der Waals surface area contributed by atoms with Crippen LogP contribution >= 0.6 is 11.8 Å². The Kier molecular flexibility index (Phi) is 5.32.